The number of carbonyl (C=O) groups is 1. The van der Waals surface area contributed by atoms with Crippen LogP contribution in [0.5, 0.6) is 17.2 Å². The van der Waals surface area contributed by atoms with Gasteiger partial charge in [-0.3, -0.25) is 4.79 Å². The largest absolute Gasteiger partial charge is 0.496 e. The van der Waals surface area contributed by atoms with E-state index in [1.165, 1.54) is 33.6 Å². The van der Waals surface area contributed by atoms with Gasteiger partial charge < -0.3 is 18.6 Å². The van der Waals surface area contributed by atoms with E-state index in [1.54, 1.807) is 18.2 Å². The van der Waals surface area contributed by atoms with Gasteiger partial charge in [-0.15, -0.1) is 0 Å². The van der Waals surface area contributed by atoms with Gasteiger partial charge in [-0.05, 0) is 34.1 Å². The number of nitrogens with zero attached hydrogens (tertiary/aromatic N) is 1. The predicted molar refractivity (Wildman–Crippen MR) is 87.6 cm³/mol. The van der Waals surface area contributed by atoms with Crippen molar-refractivity contribution in [3.63, 3.8) is 0 Å². The van der Waals surface area contributed by atoms with E-state index in [-0.39, 0.29) is 5.76 Å². The number of rotatable bonds is 6. The molecule has 0 radical (unpaired) electrons. The Balaban J connectivity index is 2.16. The van der Waals surface area contributed by atoms with Gasteiger partial charge in [-0.1, -0.05) is 0 Å². The zero-order valence-electron chi connectivity index (χ0n) is 12.8. The smallest absolute Gasteiger partial charge is 0.307 e. The molecule has 0 atom stereocenters. The lowest BCUT2D eigenvalue weighted by Gasteiger charge is -2.11. The van der Waals surface area contributed by atoms with Crippen molar-refractivity contribution in [3.8, 4) is 17.2 Å². The molecule has 1 N–H and O–H groups in total. The molecule has 2 aromatic rings. The van der Waals surface area contributed by atoms with Crippen LogP contribution in [0.4, 0.5) is 0 Å². The molecule has 0 spiro atoms. The van der Waals surface area contributed by atoms with Crippen LogP contribution in [-0.4, -0.2) is 33.5 Å². The minimum Gasteiger partial charge on any atom is -0.496 e. The summed E-state index contributed by atoms with van der Waals surface area (Å²) in [6, 6.07) is 6.52. The first kappa shape index (κ1) is 16.9. The summed E-state index contributed by atoms with van der Waals surface area (Å²) in [5.41, 5.74) is 2.98. The highest BCUT2D eigenvalue weighted by Gasteiger charge is 2.11. The number of carbonyl (C=O) groups excluding carboxylic acids is 1. The summed E-state index contributed by atoms with van der Waals surface area (Å²) in [4.78, 5) is 11.8. The maximum atomic E-state index is 11.8. The monoisotopic (exact) mass is 382 g/mol. The zero-order valence-corrected chi connectivity index (χ0v) is 14.3. The fourth-order valence-electron chi connectivity index (χ4n) is 1.81. The highest BCUT2D eigenvalue weighted by molar-refractivity contribution is 9.10. The molecule has 2 rings (SSSR count). The molecule has 0 bridgehead atoms. The molecule has 7 nitrogen and oxygen atoms in total. The van der Waals surface area contributed by atoms with E-state index in [0.717, 1.165) is 0 Å². The highest BCUT2D eigenvalue weighted by atomic mass is 79.9. The van der Waals surface area contributed by atoms with Crippen molar-refractivity contribution in [3.05, 3.63) is 40.3 Å². The van der Waals surface area contributed by atoms with Crippen LogP contribution >= 0.6 is 15.9 Å². The summed E-state index contributed by atoms with van der Waals surface area (Å²) >= 11 is 3.13. The topological polar surface area (TPSA) is 82.3 Å². The Hall–Kier alpha value is -2.48. The number of hydrogen-bond donors (Lipinski definition) is 1. The van der Waals surface area contributed by atoms with E-state index < -0.39 is 5.91 Å². The lowest BCUT2D eigenvalue weighted by atomic mass is 10.2. The van der Waals surface area contributed by atoms with Crippen molar-refractivity contribution >= 4 is 28.1 Å². The van der Waals surface area contributed by atoms with Crippen LogP contribution in [0, 0.1) is 0 Å². The van der Waals surface area contributed by atoms with Gasteiger partial charge in [0.25, 0.3) is 0 Å². The lowest BCUT2D eigenvalue weighted by molar-refractivity contribution is 0.0926. The average molecular weight is 383 g/mol. The van der Waals surface area contributed by atoms with Crippen molar-refractivity contribution < 1.29 is 23.4 Å². The van der Waals surface area contributed by atoms with E-state index in [0.29, 0.717) is 27.5 Å². The number of furan rings is 1. The molecule has 0 fully saturated rings. The van der Waals surface area contributed by atoms with Crippen LogP contribution in [0.15, 0.2) is 38.5 Å². The Morgan fingerprint density at radius 1 is 1.13 bits per heavy atom. The van der Waals surface area contributed by atoms with Gasteiger partial charge in [0, 0.05) is 11.6 Å². The van der Waals surface area contributed by atoms with Gasteiger partial charge >= 0.3 is 5.91 Å². The molecule has 1 aromatic carbocycles. The number of halogens is 1. The minimum atomic E-state index is -0.466. The van der Waals surface area contributed by atoms with Gasteiger partial charge in [0.15, 0.2) is 21.9 Å². The molecule has 1 heterocycles. The van der Waals surface area contributed by atoms with Crippen molar-refractivity contribution in [1.82, 2.24) is 5.43 Å². The molecule has 1 aromatic heterocycles. The second-order valence-electron chi connectivity index (χ2n) is 4.25. The fourth-order valence-corrected chi connectivity index (χ4v) is 2.11. The maximum Gasteiger partial charge on any atom is 0.307 e. The summed E-state index contributed by atoms with van der Waals surface area (Å²) < 4.78 is 21.3. The van der Waals surface area contributed by atoms with E-state index >= 15 is 0 Å². The summed E-state index contributed by atoms with van der Waals surface area (Å²) in [5.74, 6) is 1.27. The second kappa shape index (κ2) is 7.68. The predicted octanol–water partition coefficient (Wildman–Crippen LogP) is 2.83. The number of benzene rings is 1. The van der Waals surface area contributed by atoms with Crippen LogP contribution in [0.1, 0.15) is 16.1 Å². The highest BCUT2D eigenvalue weighted by Crippen LogP contribution is 2.33. The van der Waals surface area contributed by atoms with Gasteiger partial charge in [-0.2, -0.15) is 5.10 Å². The summed E-state index contributed by atoms with van der Waals surface area (Å²) in [5, 5.41) is 3.89. The van der Waals surface area contributed by atoms with Crippen molar-refractivity contribution in [2.75, 3.05) is 21.3 Å². The van der Waals surface area contributed by atoms with Crippen LogP contribution in [0.2, 0.25) is 0 Å². The number of hydrogen-bond acceptors (Lipinski definition) is 6. The molecule has 8 heteroatoms. The van der Waals surface area contributed by atoms with Gasteiger partial charge in [0.1, 0.15) is 5.75 Å². The fraction of sp³-hybridized carbons (Fsp3) is 0.200. The van der Waals surface area contributed by atoms with E-state index in [9.17, 15) is 4.79 Å². The molecule has 0 aliphatic carbocycles. The van der Waals surface area contributed by atoms with Gasteiger partial charge in [-0.25, -0.2) is 5.43 Å². The number of amides is 1. The number of hydrazone groups is 1. The molecule has 0 unspecified atom stereocenters. The van der Waals surface area contributed by atoms with E-state index in [1.807, 2.05) is 0 Å². The molecule has 0 aliphatic heterocycles. The quantitative estimate of drug-likeness (QED) is 0.613. The first-order valence-electron chi connectivity index (χ1n) is 6.47. The Kier molecular flexibility index (Phi) is 5.64. The van der Waals surface area contributed by atoms with Crippen LogP contribution in [0.25, 0.3) is 0 Å². The minimum absolute atomic E-state index is 0.147. The number of nitrogens with one attached hydrogen (secondary N) is 1. The third kappa shape index (κ3) is 4.04. The second-order valence-corrected chi connectivity index (χ2v) is 5.03. The first-order chi connectivity index (χ1) is 11.1. The zero-order chi connectivity index (χ0) is 16.8. The third-order valence-electron chi connectivity index (χ3n) is 2.90. The normalized spacial score (nSPS) is 10.6. The third-order valence-corrected chi connectivity index (χ3v) is 3.33. The van der Waals surface area contributed by atoms with Crippen molar-refractivity contribution in [1.29, 1.82) is 0 Å². The average Bonchev–Trinajstić information content (AvgIpc) is 3.00. The molecule has 0 saturated carbocycles. The standard InChI is InChI=1S/C15H15BrN2O5/c1-20-11-7-13(22-3)12(21-2)6-9(11)8-17-18-15(19)10-4-5-14(16)23-10/h4-8H,1-3H3,(H,18,19)/b17-8+. The lowest BCUT2D eigenvalue weighted by Crippen LogP contribution is -2.16. The molecule has 0 saturated heterocycles. The number of methoxy groups -OCH3 is 3. The van der Waals surface area contributed by atoms with E-state index in [4.69, 9.17) is 18.6 Å². The number of ether oxygens (including phenoxy) is 3. The van der Waals surface area contributed by atoms with Crippen LogP contribution in [0.3, 0.4) is 0 Å². The summed E-state index contributed by atoms with van der Waals surface area (Å²) in [6.07, 6.45) is 1.44. The van der Waals surface area contributed by atoms with Gasteiger partial charge in [0.2, 0.25) is 0 Å². The Morgan fingerprint density at radius 2 is 1.78 bits per heavy atom. The molecule has 23 heavy (non-hydrogen) atoms. The van der Waals surface area contributed by atoms with Crippen molar-refractivity contribution in [2.45, 2.75) is 0 Å². The van der Waals surface area contributed by atoms with Crippen LogP contribution < -0.4 is 19.6 Å². The maximum absolute atomic E-state index is 11.8. The SMILES string of the molecule is COc1cc(OC)c(OC)cc1/C=N/NC(=O)c1ccc(Br)o1. The van der Waals surface area contributed by atoms with Crippen molar-refractivity contribution in [2.24, 2.45) is 5.10 Å². The Bertz CT molecular complexity index is 727. The summed E-state index contributed by atoms with van der Waals surface area (Å²) in [6.45, 7) is 0. The molecule has 0 aliphatic rings. The molecule has 1 amide bonds. The summed E-state index contributed by atoms with van der Waals surface area (Å²) in [7, 11) is 4.59. The molecular weight excluding hydrogens is 368 g/mol. The van der Waals surface area contributed by atoms with Crippen LogP contribution in [-0.2, 0) is 0 Å². The molecule has 122 valence electrons. The van der Waals surface area contributed by atoms with E-state index in [2.05, 4.69) is 26.5 Å². The molecular formula is C15H15BrN2O5. The van der Waals surface area contributed by atoms with Gasteiger partial charge in [0.05, 0.1) is 27.5 Å². The Labute approximate surface area is 141 Å². The first-order valence-corrected chi connectivity index (χ1v) is 7.27. The Morgan fingerprint density at radius 3 is 2.35 bits per heavy atom.